The molecule has 0 bridgehead atoms. The summed E-state index contributed by atoms with van der Waals surface area (Å²) in [5.74, 6) is -3.51. The van der Waals surface area contributed by atoms with Crippen LogP contribution in [-0.4, -0.2) is 59.4 Å². The third-order valence-corrected chi connectivity index (χ3v) is 2.95. The van der Waals surface area contributed by atoms with Crippen LogP contribution in [0.2, 0.25) is 0 Å². The van der Waals surface area contributed by atoms with Gasteiger partial charge in [0.2, 0.25) is 17.7 Å². The molecule has 116 valence electrons. The molecule has 0 radical (unpaired) electrons. The first-order valence-electron chi connectivity index (χ1n) is 6.27. The number of nitrogens with zero attached hydrogens (tertiary/aromatic N) is 1. The van der Waals surface area contributed by atoms with E-state index in [1.807, 2.05) is 0 Å². The highest BCUT2D eigenvalue weighted by Gasteiger charge is 2.29. The molecule has 1 atom stereocenters. The molecule has 1 heterocycles. The van der Waals surface area contributed by atoms with Gasteiger partial charge < -0.3 is 15.2 Å². The SMILES string of the molecule is COC(=O)C[C@H](NC(=O)CCN1C(=O)CCC1=O)C(=O)O. The quantitative estimate of drug-likeness (QED) is 0.439. The summed E-state index contributed by atoms with van der Waals surface area (Å²) in [5, 5.41) is 11.0. The van der Waals surface area contributed by atoms with Gasteiger partial charge in [-0.25, -0.2) is 4.79 Å². The Kier molecular flexibility index (Phi) is 5.82. The van der Waals surface area contributed by atoms with E-state index < -0.39 is 30.3 Å². The number of imide groups is 1. The van der Waals surface area contributed by atoms with Crippen LogP contribution in [-0.2, 0) is 28.7 Å². The van der Waals surface area contributed by atoms with E-state index in [1.165, 1.54) is 0 Å². The first-order valence-corrected chi connectivity index (χ1v) is 6.27. The van der Waals surface area contributed by atoms with Crippen LogP contribution in [0, 0.1) is 0 Å². The first-order chi connectivity index (χ1) is 9.85. The number of methoxy groups -OCH3 is 1. The number of carboxylic acid groups (broad SMARTS) is 1. The molecule has 0 aromatic heterocycles. The molecule has 1 aliphatic heterocycles. The smallest absolute Gasteiger partial charge is 0.326 e. The van der Waals surface area contributed by atoms with Gasteiger partial charge in [0.05, 0.1) is 13.5 Å². The highest BCUT2D eigenvalue weighted by Crippen LogP contribution is 2.11. The lowest BCUT2D eigenvalue weighted by Gasteiger charge is -2.16. The van der Waals surface area contributed by atoms with Crippen LogP contribution in [0.4, 0.5) is 0 Å². The van der Waals surface area contributed by atoms with Crippen molar-refractivity contribution in [3.05, 3.63) is 0 Å². The lowest BCUT2D eigenvalue weighted by atomic mass is 10.2. The molecule has 9 heteroatoms. The van der Waals surface area contributed by atoms with E-state index in [9.17, 15) is 24.0 Å². The summed E-state index contributed by atoms with van der Waals surface area (Å²) in [6, 6.07) is -1.41. The summed E-state index contributed by atoms with van der Waals surface area (Å²) in [6.45, 7) is -0.103. The van der Waals surface area contributed by atoms with Gasteiger partial charge >= 0.3 is 11.9 Å². The maximum Gasteiger partial charge on any atom is 0.326 e. The van der Waals surface area contributed by atoms with Gasteiger partial charge in [-0.1, -0.05) is 0 Å². The summed E-state index contributed by atoms with van der Waals surface area (Å²) >= 11 is 0. The van der Waals surface area contributed by atoms with Gasteiger partial charge in [0.25, 0.3) is 0 Å². The van der Waals surface area contributed by atoms with Crippen molar-refractivity contribution in [2.45, 2.75) is 31.7 Å². The number of likely N-dealkylation sites (tertiary alicyclic amines) is 1. The van der Waals surface area contributed by atoms with Crippen LogP contribution >= 0.6 is 0 Å². The van der Waals surface area contributed by atoms with Crippen LogP contribution in [0.25, 0.3) is 0 Å². The molecule has 0 aromatic carbocycles. The Morgan fingerprint density at radius 2 is 1.86 bits per heavy atom. The Labute approximate surface area is 120 Å². The maximum absolute atomic E-state index is 11.6. The van der Waals surface area contributed by atoms with Crippen LogP contribution in [0.5, 0.6) is 0 Å². The van der Waals surface area contributed by atoms with E-state index in [0.717, 1.165) is 12.0 Å². The average molecular weight is 300 g/mol. The van der Waals surface area contributed by atoms with Gasteiger partial charge in [0, 0.05) is 25.8 Å². The van der Waals surface area contributed by atoms with Gasteiger partial charge in [-0.05, 0) is 0 Å². The Bertz CT molecular complexity index is 458. The molecular formula is C12H16N2O7. The lowest BCUT2D eigenvalue weighted by Crippen LogP contribution is -2.43. The van der Waals surface area contributed by atoms with E-state index in [4.69, 9.17) is 5.11 Å². The molecule has 0 spiro atoms. The topological polar surface area (TPSA) is 130 Å². The minimum Gasteiger partial charge on any atom is -0.480 e. The molecule has 1 saturated heterocycles. The van der Waals surface area contributed by atoms with Crippen LogP contribution in [0.1, 0.15) is 25.7 Å². The van der Waals surface area contributed by atoms with Crippen molar-refractivity contribution in [1.29, 1.82) is 0 Å². The second-order valence-corrected chi connectivity index (χ2v) is 4.43. The van der Waals surface area contributed by atoms with E-state index in [0.29, 0.717) is 0 Å². The molecule has 0 aliphatic carbocycles. The second-order valence-electron chi connectivity index (χ2n) is 4.43. The zero-order chi connectivity index (χ0) is 16.0. The van der Waals surface area contributed by atoms with Gasteiger partial charge in [0.15, 0.2) is 0 Å². The summed E-state index contributed by atoms with van der Waals surface area (Å²) in [5.41, 5.74) is 0. The molecule has 2 N–H and O–H groups in total. The number of aliphatic carboxylic acids is 1. The van der Waals surface area contributed by atoms with Crippen LogP contribution in [0.3, 0.4) is 0 Å². The summed E-state index contributed by atoms with van der Waals surface area (Å²) in [4.78, 5) is 57.2. The number of rotatable bonds is 7. The number of esters is 1. The molecule has 1 aliphatic rings. The van der Waals surface area contributed by atoms with Crippen LogP contribution < -0.4 is 5.32 Å². The van der Waals surface area contributed by atoms with Gasteiger partial charge in [-0.15, -0.1) is 0 Å². The predicted octanol–water partition coefficient (Wildman–Crippen LogP) is -1.34. The van der Waals surface area contributed by atoms with E-state index >= 15 is 0 Å². The third kappa shape index (κ3) is 4.86. The largest absolute Gasteiger partial charge is 0.480 e. The molecule has 1 fully saturated rings. The predicted molar refractivity (Wildman–Crippen MR) is 66.8 cm³/mol. The van der Waals surface area contributed by atoms with Crippen molar-refractivity contribution >= 4 is 29.7 Å². The van der Waals surface area contributed by atoms with Gasteiger partial charge in [-0.2, -0.15) is 0 Å². The molecular weight excluding hydrogens is 284 g/mol. The normalized spacial score (nSPS) is 15.8. The van der Waals surface area contributed by atoms with Crippen molar-refractivity contribution in [3.63, 3.8) is 0 Å². The van der Waals surface area contributed by atoms with Crippen molar-refractivity contribution in [1.82, 2.24) is 10.2 Å². The number of carboxylic acids is 1. The zero-order valence-corrected chi connectivity index (χ0v) is 11.5. The Morgan fingerprint density at radius 1 is 1.29 bits per heavy atom. The summed E-state index contributed by atoms with van der Waals surface area (Å²) in [7, 11) is 1.10. The fraction of sp³-hybridized carbons (Fsp3) is 0.583. The Morgan fingerprint density at radius 3 is 2.33 bits per heavy atom. The molecule has 21 heavy (non-hydrogen) atoms. The molecule has 0 saturated carbocycles. The molecule has 0 aromatic rings. The number of amides is 3. The Hall–Kier alpha value is -2.45. The number of carbonyl (C=O) groups excluding carboxylic acids is 4. The zero-order valence-electron chi connectivity index (χ0n) is 11.5. The van der Waals surface area contributed by atoms with E-state index in [1.54, 1.807) is 0 Å². The molecule has 1 rings (SSSR count). The van der Waals surface area contributed by atoms with Crippen molar-refractivity contribution < 1.29 is 33.8 Å². The first kappa shape index (κ1) is 16.6. The number of hydrogen-bond acceptors (Lipinski definition) is 6. The lowest BCUT2D eigenvalue weighted by molar-refractivity contribution is -0.148. The number of nitrogens with one attached hydrogen (secondary N) is 1. The average Bonchev–Trinajstić information content (AvgIpc) is 2.74. The minimum absolute atomic E-state index is 0.103. The third-order valence-electron chi connectivity index (χ3n) is 2.95. The van der Waals surface area contributed by atoms with Crippen molar-refractivity contribution in [2.24, 2.45) is 0 Å². The summed E-state index contributed by atoms with van der Waals surface area (Å²) < 4.78 is 4.33. The molecule has 3 amide bonds. The standard InChI is InChI=1S/C12H16N2O7/c1-21-11(18)6-7(12(19)20)13-8(15)4-5-14-9(16)2-3-10(14)17/h7H,2-6H2,1H3,(H,13,15)(H,19,20)/t7-/m0/s1. The summed E-state index contributed by atoms with van der Waals surface area (Å²) in [6.07, 6.45) is -0.470. The van der Waals surface area contributed by atoms with Crippen molar-refractivity contribution in [3.8, 4) is 0 Å². The van der Waals surface area contributed by atoms with E-state index in [-0.39, 0.29) is 37.6 Å². The highest BCUT2D eigenvalue weighted by atomic mass is 16.5. The maximum atomic E-state index is 11.6. The fourth-order valence-corrected chi connectivity index (χ4v) is 1.80. The number of ether oxygens (including phenoxy) is 1. The molecule has 0 unspecified atom stereocenters. The van der Waals surface area contributed by atoms with Crippen LogP contribution in [0.15, 0.2) is 0 Å². The fourth-order valence-electron chi connectivity index (χ4n) is 1.80. The second kappa shape index (κ2) is 7.36. The van der Waals surface area contributed by atoms with Crippen molar-refractivity contribution in [2.75, 3.05) is 13.7 Å². The van der Waals surface area contributed by atoms with Gasteiger partial charge in [-0.3, -0.25) is 24.1 Å². The number of carbonyl (C=O) groups is 5. The monoisotopic (exact) mass is 300 g/mol. The van der Waals surface area contributed by atoms with E-state index in [2.05, 4.69) is 10.1 Å². The minimum atomic E-state index is -1.41. The van der Waals surface area contributed by atoms with Gasteiger partial charge in [0.1, 0.15) is 6.04 Å². The molecule has 9 nitrogen and oxygen atoms in total. The highest BCUT2D eigenvalue weighted by molar-refractivity contribution is 6.02. The number of hydrogen-bond donors (Lipinski definition) is 2. The Balaban J connectivity index is 2.47.